The van der Waals surface area contributed by atoms with Gasteiger partial charge < -0.3 is 40.6 Å². The van der Waals surface area contributed by atoms with Gasteiger partial charge in [0, 0.05) is 58.9 Å². The number of carbonyl (C=O) groups is 5. The molecule has 2 aliphatic heterocycles. The smallest absolute Gasteiger partial charge is 0.471 e. The first-order valence-corrected chi connectivity index (χ1v) is 31.9. The van der Waals surface area contributed by atoms with Crippen LogP contribution in [0.25, 0.3) is 33.4 Å². The molecule has 4 amide bonds. The number of halogens is 3. The molecule has 9 N–H and O–H groups in total. The molecule has 0 unspecified atom stereocenters. The van der Waals surface area contributed by atoms with Crippen molar-refractivity contribution in [1.29, 1.82) is 0 Å². The average molecular weight is 1310 g/mol. The van der Waals surface area contributed by atoms with Crippen molar-refractivity contribution < 1.29 is 109 Å². The van der Waals surface area contributed by atoms with Crippen LogP contribution in [0.4, 0.5) is 13.2 Å². The number of aromatic hydroxyl groups is 1. The standard InChI is InChI=1S/C55H48F3N6O23P3/c56-55(57,58)53(73)62-26-31-6-10-33(11-7-31)49(68)61-27-42-43(66)18-17-40-46(39-16-13-36(65)24-44(39)84-47(40)42)41-23-34(12-15-38(41)52(71)72)50(69)60-25-30-4-8-32(9-5-30)48(67)59-20-22-81-21-2-1-3-35-28-64(54(74)63-51(35)70)45-19-14-37(83-45)29-82-90(86-76,87-85-75,88(77)78)89(79)80/h4-13,15-18,23-24,28,37,45,66,75-76H,3,14,19-22,25-27,29H2,(H,59,67)(H,60,69)(H,61,68)(H,62,73)(H,71,72)(H,63,70,74)/t37-,45+/m0/s1. The van der Waals surface area contributed by atoms with Gasteiger partial charge in [0.2, 0.25) is 0 Å². The first kappa shape index (κ1) is 66.6. The van der Waals surface area contributed by atoms with Crippen LogP contribution in [-0.2, 0) is 77.5 Å². The number of benzene rings is 5. The van der Waals surface area contributed by atoms with Crippen LogP contribution in [-0.4, -0.2) is 98.5 Å². The summed E-state index contributed by atoms with van der Waals surface area (Å²) in [5.74, 6) is -0.301. The van der Waals surface area contributed by atoms with Gasteiger partial charge in [-0.1, -0.05) is 24.3 Å². The first-order chi connectivity index (χ1) is 42.9. The van der Waals surface area contributed by atoms with E-state index in [0.29, 0.717) is 5.56 Å². The summed E-state index contributed by atoms with van der Waals surface area (Å²) in [5, 5.41) is 52.6. The minimum atomic E-state index is -6.56. The molecule has 35 heteroatoms. The minimum Gasteiger partial charge on any atom is -0.507 e. The molecule has 0 spiro atoms. The normalized spacial score (nSPS) is 14.4. The van der Waals surface area contributed by atoms with E-state index in [1.807, 2.05) is 0 Å². The van der Waals surface area contributed by atoms with Gasteiger partial charge in [-0.25, -0.2) is 4.79 Å². The molecular weight excluding hydrogens is 1260 g/mol. The van der Waals surface area contributed by atoms with Crippen molar-refractivity contribution in [3.63, 3.8) is 0 Å². The number of amides is 4. The Kier molecular flexibility index (Phi) is 21.0. The van der Waals surface area contributed by atoms with E-state index in [-0.39, 0.29) is 124 Å². The average Bonchev–Trinajstić information content (AvgIpc) is 0.972. The summed E-state index contributed by atoms with van der Waals surface area (Å²) < 4.78 is 116. The fourth-order valence-electron chi connectivity index (χ4n) is 9.05. The molecule has 1 fully saturated rings. The molecule has 0 bridgehead atoms. The number of aromatic carboxylic acids is 1. The molecule has 5 aromatic rings. The van der Waals surface area contributed by atoms with Crippen molar-refractivity contribution in [3.05, 3.63) is 179 Å². The maximum Gasteiger partial charge on any atom is 0.471 e. The van der Waals surface area contributed by atoms with Crippen LogP contribution in [0.5, 0.6) is 5.75 Å². The minimum absolute atomic E-state index is 0.00148. The van der Waals surface area contributed by atoms with E-state index in [9.17, 15) is 85.3 Å². The topological polar surface area (TPSA) is 423 Å². The predicted octanol–water partition coefficient (Wildman–Crippen LogP) is 6.93. The van der Waals surface area contributed by atoms with Crippen molar-refractivity contribution in [2.75, 3.05) is 26.4 Å². The fourth-order valence-corrected chi connectivity index (χ4v) is 13.5. The van der Waals surface area contributed by atoms with Crippen LogP contribution in [0.15, 0.2) is 122 Å². The quantitative estimate of drug-likeness (QED) is 0.00699. The van der Waals surface area contributed by atoms with E-state index in [1.165, 1.54) is 85.1 Å². The number of phenols is 1. The Morgan fingerprint density at radius 2 is 1.39 bits per heavy atom. The number of carboxylic acid groups (broad SMARTS) is 1. The zero-order valence-electron chi connectivity index (χ0n) is 46.0. The monoisotopic (exact) mass is 1310 g/mol. The van der Waals surface area contributed by atoms with E-state index >= 15 is 0 Å². The van der Waals surface area contributed by atoms with E-state index in [2.05, 4.69) is 47.2 Å². The van der Waals surface area contributed by atoms with Crippen LogP contribution in [0.1, 0.15) is 82.8 Å². The Morgan fingerprint density at radius 3 is 2.02 bits per heavy atom. The Morgan fingerprint density at radius 1 is 0.756 bits per heavy atom. The van der Waals surface area contributed by atoms with E-state index in [1.54, 1.807) is 17.4 Å². The number of nitrogens with zero attached hydrogens (tertiary/aromatic N) is 1. The van der Waals surface area contributed by atoms with Crippen molar-refractivity contribution in [1.82, 2.24) is 30.8 Å². The zero-order chi connectivity index (χ0) is 65.1. The van der Waals surface area contributed by atoms with Gasteiger partial charge in [-0.3, -0.25) is 24.0 Å². The van der Waals surface area contributed by atoms with Crippen molar-refractivity contribution in [2.24, 2.45) is 0 Å². The van der Waals surface area contributed by atoms with Gasteiger partial charge in [0.25, 0.3) is 17.7 Å². The van der Waals surface area contributed by atoms with E-state index in [0.717, 1.165) is 10.6 Å². The summed E-state index contributed by atoms with van der Waals surface area (Å²) in [6.07, 6.45) is -6.20. The summed E-state index contributed by atoms with van der Waals surface area (Å²) >= 11 is 0. The van der Waals surface area contributed by atoms with Gasteiger partial charge in [-0.05, 0) is 83.4 Å². The summed E-state index contributed by atoms with van der Waals surface area (Å²) in [4.78, 5) is 104. The van der Waals surface area contributed by atoms with Gasteiger partial charge in [0.1, 0.15) is 17.1 Å². The molecule has 4 aromatic carbocycles. The number of ether oxygens (including phenoxy) is 2. The number of carbonyl (C=O) groups excluding carboxylic acids is 4. The molecule has 1 saturated heterocycles. The molecule has 90 heavy (non-hydrogen) atoms. The molecule has 2 atom stereocenters. The molecule has 1 aliphatic carbocycles. The Labute approximate surface area is 502 Å². The number of hydrogen-bond donors (Lipinski definition) is 9. The van der Waals surface area contributed by atoms with Gasteiger partial charge in [0.15, 0.2) is 5.43 Å². The largest absolute Gasteiger partial charge is 0.507 e. The van der Waals surface area contributed by atoms with Gasteiger partial charge in [-0.2, -0.15) is 13.2 Å². The molecule has 0 saturated carbocycles. The number of nitrogens with one attached hydrogen (secondary N) is 5. The van der Waals surface area contributed by atoms with Crippen molar-refractivity contribution in [2.45, 2.75) is 57.4 Å². The van der Waals surface area contributed by atoms with Crippen LogP contribution in [0.2, 0.25) is 0 Å². The third-order valence-electron chi connectivity index (χ3n) is 13.6. The second-order valence-electron chi connectivity index (χ2n) is 19.3. The van der Waals surface area contributed by atoms with Gasteiger partial charge in [0.05, 0.1) is 24.3 Å². The molecular formula is C55H48F3N6O23P3. The van der Waals surface area contributed by atoms with Crippen LogP contribution < -0.4 is 37.9 Å². The molecule has 3 heterocycles. The Balaban J connectivity index is 0.847. The predicted molar refractivity (Wildman–Crippen MR) is 303 cm³/mol. The number of carboxylic acids is 1. The van der Waals surface area contributed by atoms with Crippen molar-refractivity contribution in [3.8, 4) is 40.0 Å². The summed E-state index contributed by atoms with van der Waals surface area (Å²) in [6, 6.07) is 21.8. The zero-order valence-corrected chi connectivity index (χ0v) is 48.7. The maximum atomic E-state index is 13.8. The summed E-state index contributed by atoms with van der Waals surface area (Å²) in [5.41, 5.74) is -0.852. The molecule has 472 valence electrons. The molecule has 8 rings (SSSR count). The third-order valence-corrected chi connectivity index (χ3v) is 23.3. The van der Waals surface area contributed by atoms with Crippen LogP contribution >= 0.6 is 21.4 Å². The number of hydrogen-bond acceptors (Lipinski definition) is 22. The molecule has 1 aromatic heterocycles. The third kappa shape index (κ3) is 14.9. The maximum absolute atomic E-state index is 13.8. The Bertz CT molecular complexity index is 4280. The van der Waals surface area contributed by atoms with Crippen LogP contribution in [0, 0.1) is 11.8 Å². The van der Waals surface area contributed by atoms with E-state index in [4.69, 9.17) is 23.7 Å². The van der Waals surface area contributed by atoms with Crippen molar-refractivity contribution >= 4 is 62.0 Å². The summed E-state index contributed by atoms with van der Waals surface area (Å²) in [6.45, 7) is -8.44. The van der Waals surface area contributed by atoms with Crippen LogP contribution in [0.3, 0.4) is 0 Å². The Hall–Kier alpha value is -9.34. The second kappa shape index (κ2) is 28.4. The fraction of sp³-hybridized carbons (Fsp3) is 0.236. The van der Waals surface area contributed by atoms with E-state index < -0.39 is 106 Å². The number of H-pyrrole nitrogens is 1. The number of aromatic nitrogens is 2. The molecule has 29 nitrogen and oxygen atoms in total. The SMILES string of the molecule is O=C(NCCOCC#CCc1cn([C@H]2CC[C@@H](COP(OO)(OOO)(P(=O)=O)P(=O)=O)O2)c(=O)[nH]c1=O)c1ccc(CNC(=O)c2ccc(C(=O)O)c(-c3c4ccc(=O)cc-4oc4c(CNC(=O)c5ccc(CNC(=O)C(F)(F)F)cc5)c(O)ccc34)c2)cc1. The second-order valence-corrected chi connectivity index (χ2v) is 29.5. The molecule has 0 radical (unpaired) electrons. The number of aromatic amines is 1. The number of rotatable bonds is 25. The van der Waals surface area contributed by atoms with Gasteiger partial charge >= 0.3 is 191 Å². The summed E-state index contributed by atoms with van der Waals surface area (Å²) in [7, 11) is -8.84. The molecule has 3 aliphatic rings. The first-order valence-electron chi connectivity index (χ1n) is 26.2. The number of alkyl halides is 3. The number of fused-ring (bicyclic) bond motifs is 2. The number of phenolic OH excluding ortho intramolecular Hbond substituents is 1. The van der Waals surface area contributed by atoms with Gasteiger partial charge in [-0.15, -0.1) is 0 Å².